The summed E-state index contributed by atoms with van der Waals surface area (Å²) < 4.78 is 1.96. The highest BCUT2D eigenvalue weighted by Crippen LogP contribution is 2.25. The fourth-order valence-electron chi connectivity index (χ4n) is 2.59. The predicted molar refractivity (Wildman–Crippen MR) is 84.3 cm³/mol. The van der Waals surface area contributed by atoms with Gasteiger partial charge in [0.2, 0.25) is 0 Å². The van der Waals surface area contributed by atoms with Gasteiger partial charge < -0.3 is 5.32 Å². The first-order valence-corrected chi connectivity index (χ1v) is 7.38. The third-order valence-electron chi connectivity index (χ3n) is 3.58. The van der Waals surface area contributed by atoms with Crippen molar-refractivity contribution in [3.8, 4) is 0 Å². The number of hydrogen-bond acceptors (Lipinski definition) is 2. The van der Waals surface area contributed by atoms with Crippen LogP contribution in [0.5, 0.6) is 0 Å². The van der Waals surface area contributed by atoms with E-state index in [0.717, 1.165) is 23.7 Å². The van der Waals surface area contributed by atoms with E-state index in [2.05, 4.69) is 42.5 Å². The summed E-state index contributed by atoms with van der Waals surface area (Å²) in [5.41, 5.74) is 4.81. The largest absolute Gasteiger partial charge is 0.310 e. The minimum Gasteiger partial charge on any atom is -0.310 e. The lowest BCUT2D eigenvalue weighted by Gasteiger charge is -2.20. The van der Waals surface area contributed by atoms with Crippen molar-refractivity contribution in [2.45, 2.75) is 33.2 Å². The average Bonchev–Trinajstić information content (AvgIpc) is 2.70. The Bertz CT molecular complexity index is 589. The van der Waals surface area contributed by atoms with Gasteiger partial charge in [0.1, 0.15) is 0 Å². The van der Waals surface area contributed by atoms with Gasteiger partial charge in [-0.1, -0.05) is 24.6 Å². The smallest absolute Gasteiger partial charge is 0.0596 e. The molecule has 0 bridgehead atoms. The van der Waals surface area contributed by atoms with Gasteiger partial charge in [-0.2, -0.15) is 5.10 Å². The Morgan fingerprint density at radius 1 is 1.30 bits per heavy atom. The van der Waals surface area contributed by atoms with Gasteiger partial charge >= 0.3 is 0 Å². The Kier molecular flexibility index (Phi) is 4.84. The van der Waals surface area contributed by atoms with Gasteiger partial charge in [0.15, 0.2) is 0 Å². The molecule has 1 aromatic heterocycles. The van der Waals surface area contributed by atoms with Gasteiger partial charge in [-0.05, 0) is 49.7 Å². The second kappa shape index (κ2) is 6.42. The zero-order chi connectivity index (χ0) is 14.7. The first-order chi connectivity index (χ1) is 9.51. The lowest BCUT2D eigenvalue weighted by molar-refractivity contribution is 0.526. The van der Waals surface area contributed by atoms with Crippen LogP contribution in [0.15, 0.2) is 24.3 Å². The molecule has 0 fully saturated rings. The van der Waals surface area contributed by atoms with E-state index in [4.69, 9.17) is 11.6 Å². The lowest BCUT2D eigenvalue weighted by atomic mass is 9.97. The van der Waals surface area contributed by atoms with Crippen LogP contribution < -0.4 is 5.32 Å². The normalized spacial score (nSPS) is 12.7. The molecule has 1 unspecified atom stereocenters. The number of benzene rings is 1. The maximum atomic E-state index is 6.15. The molecule has 0 amide bonds. The van der Waals surface area contributed by atoms with Crippen LogP contribution in [0.25, 0.3) is 0 Å². The molecule has 0 radical (unpaired) electrons. The molecule has 20 heavy (non-hydrogen) atoms. The zero-order valence-corrected chi connectivity index (χ0v) is 13.3. The van der Waals surface area contributed by atoms with E-state index < -0.39 is 0 Å². The van der Waals surface area contributed by atoms with Crippen molar-refractivity contribution in [3.05, 3.63) is 51.8 Å². The lowest BCUT2D eigenvalue weighted by Crippen LogP contribution is -2.24. The van der Waals surface area contributed by atoms with E-state index in [1.165, 1.54) is 16.8 Å². The highest BCUT2D eigenvalue weighted by atomic mass is 35.5. The molecular formula is C16H22ClN3. The second-order valence-electron chi connectivity index (χ2n) is 5.22. The van der Waals surface area contributed by atoms with E-state index in [1.807, 2.05) is 24.7 Å². The molecule has 1 N–H and O–H groups in total. The van der Waals surface area contributed by atoms with Gasteiger partial charge in [0.05, 0.1) is 5.69 Å². The first kappa shape index (κ1) is 15.1. The third kappa shape index (κ3) is 3.41. The van der Waals surface area contributed by atoms with E-state index in [1.54, 1.807) is 0 Å². The third-order valence-corrected chi connectivity index (χ3v) is 3.81. The first-order valence-electron chi connectivity index (χ1n) is 7.00. The molecule has 0 aliphatic rings. The zero-order valence-electron chi connectivity index (χ0n) is 12.6. The van der Waals surface area contributed by atoms with Crippen molar-refractivity contribution in [1.82, 2.24) is 15.1 Å². The van der Waals surface area contributed by atoms with Crippen LogP contribution in [0.4, 0.5) is 0 Å². The number of nitrogens with one attached hydrogen (secondary N) is 1. The van der Waals surface area contributed by atoms with Gasteiger partial charge in [-0.3, -0.25) is 4.68 Å². The molecule has 4 heteroatoms. The van der Waals surface area contributed by atoms with Crippen LogP contribution in [0.3, 0.4) is 0 Å². The summed E-state index contributed by atoms with van der Waals surface area (Å²) in [7, 11) is 2.00. The Labute approximate surface area is 126 Å². The van der Waals surface area contributed by atoms with Crippen molar-refractivity contribution >= 4 is 11.6 Å². The van der Waals surface area contributed by atoms with Crippen molar-refractivity contribution < 1.29 is 0 Å². The molecule has 3 nitrogen and oxygen atoms in total. The van der Waals surface area contributed by atoms with Crippen molar-refractivity contribution in [1.29, 1.82) is 0 Å². The van der Waals surface area contributed by atoms with Crippen LogP contribution in [0.1, 0.15) is 35.5 Å². The fraction of sp³-hybridized carbons (Fsp3) is 0.438. The van der Waals surface area contributed by atoms with E-state index in [0.29, 0.717) is 0 Å². The van der Waals surface area contributed by atoms with Crippen LogP contribution in [0.2, 0.25) is 5.02 Å². The summed E-state index contributed by atoms with van der Waals surface area (Å²) in [6, 6.07) is 8.49. The summed E-state index contributed by atoms with van der Waals surface area (Å²) >= 11 is 6.15. The Morgan fingerprint density at radius 2 is 2.05 bits per heavy atom. The van der Waals surface area contributed by atoms with E-state index >= 15 is 0 Å². The monoisotopic (exact) mass is 291 g/mol. The molecule has 0 aliphatic heterocycles. The van der Waals surface area contributed by atoms with Crippen molar-refractivity contribution in [2.24, 2.45) is 7.05 Å². The maximum absolute atomic E-state index is 6.15. The summed E-state index contributed by atoms with van der Waals surface area (Å²) in [6.45, 7) is 7.20. The number of nitrogens with zero attached hydrogens (tertiary/aromatic N) is 2. The molecule has 0 aliphatic carbocycles. The quantitative estimate of drug-likeness (QED) is 0.912. The standard InChI is InChI=1S/C16H22ClN3/c1-5-18-16(10-14-8-12(3)19-20(14)4)15-9-13(17)7-6-11(15)2/h6-9,16,18H,5,10H2,1-4H3. The van der Waals surface area contributed by atoms with Gasteiger partial charge in [0.25, 0.3) is 0 Å². The van der Waals surface area contributed by atoms with Crippen LogP contribution >= 0.6 is 11.6 Å². The minimum absolute atomic E-state index is 0.258. The molecule has 2 aromatic rings. The van der Waals surface area contributed by atoms with Crippen LogP contribution in [-0.4, -0.2) is 16.3 Å². The van der Waals surface area contributed by atoms with Crippen LogP contribution in [0, 0.1) is 13.8 Å². The Morgan fingerprint density at radius 3 is 2.65 bits per heavy atom. The summed E-state index contributed by atoms with van der Waals surface area (Å²) in [4.78, 5) is 0. The van der Waals surface area contributed by atoms with Gasteiger partial charge in [-0.15, -0.1) is 0 Å². The average molecular weight is 292 g/mol. The van der Waals surface area contributed by atoms with E-state index in [-0.39, 0.29) is 6.04 Å². The second-order valence-corrected chi connectivity index (χ2v) is 5.65. The number of aryl methyl sites for hydroxylation is 3. The topological polar surface area (TPSA) is 29.9 Å². The molecule has 2 rings (SSSR count). The molecule has 1 heterocycles. The molecule has 0 saturated carbocycles. The summed E-state index contributed by atoms with van der Waals surface area (Å²) in [5, 5.41) is 8.76. The molecule has 108 valence electrons. The number of likely N-dealkylation sites (N-methyl/N-ethyl adjacent to an activating group) is 1. The van der Waals surface area contributed by atoms with Gasteiger partial charge in [-0.25, -0.2) is 0 Å². The van der Waals surface area contributed by atoms with Gasteiger partial charge in [0, 0.05) is 30.2 Å². The highest BCUT2D eigenvalue weighted by Gasteiger charge is 2.16. The van der Waals surface area contributed by atoms with Crippen LogP contribution in [-0.2, 0) is 13.5 Å². The Balaban J connectivity index is 2.31. The predicted octanol–water partition coefficient (Wildman–Crippen LogP) is 3.58. The molecule has 0 spiro atoms. The number of halogens is 1. The van der Waals surface area contributed by atoms with Crippen molar-refractivity contribution in [2.75, 3.05) is 6.54 Å². The molecule has 1 aromatic carbocycles. The number of aromatic nitrogens is 2. The Hall–Kier alpha value is -1.32. The minimum atomic E-state index is 0.258. The fourth-order valence-corrected chi connectivity index (χ4v) is 2.77. The summed E-state index contributed by atoms with van der Waals surface area (Å²) in [5.74, 6) is 0. The van der Waals surface area contributed by atoms with Crippen molar-refractivity contribution in [3.63, 3.8) is 0 Å². The number of rotatable bonds is 5. The molecule has 1 atom stereocenters. The maximum Gasteiger partial charge on any atom is 0.0596 e. The SMILES string of the molecule is CCNC(Cc1cc(C)nn1C)c1cc(Cl)ccc1C. The number of hydrogen-bond donors (Lipinski definition) is 1. The molecule has 0 saturated heterocycles. The highest BCUT2D eigenvalue weighted by molar-refractivity contribution is 6.30. The molecular weight excluding hydrogens is 270 g/mol. The summed E-state index contributed by atoms with van der Waals surface area (Å²) in [6.07, 6.45) is 0.909. The van der Waals surface area contributed by atoms with E-state index in [9.17, 15) is 0 Å².